The van der Waals surface area contributed by atoms with Crippen LogP contribution in [0.4, 0.5) is 4.79 Å². The predicted molar refractivity (Wildman–Crippen MR) is 285 cm³/mol. The van der Waals surface area contributed by atoms with Gasteiger partial charge in [0, 0.05) is 36.6 Å². The number of nitrogens with zero attached hydrogens (tertiary/aromatic N) is 1. The average Bonchev–Trinajstić information content (AvgIpc) is 3.40. The highest BCUT2D eigenvalue weighted by Gasteiger charge is 2.33. The minimum atomic E-state index is -1.90. The van der Waals surface area contributed by atoms with Crippen molar-refractivity contribution in [2.75, 3.05) is 26.3 Å². The molecular weight excluding hydrogens is 959 g/mol. The summed E-state index contributed by atoms with van der Waals surface area (Å²) in [6.45, 7) is 8.17. The van der Waals surface area contributed by atoms with E-state index in [1.54, 1.807) is 20.8 Å². The van der Waals surface area contributed by atoms with Gasteiger partial charge in [0.25, 0.3) is 0 Å². The Morgan fingerprint density at radius 1 is 0.613 bits per heavy atom. The zero-order valence-electron chi connectivity index (χ0n) is 43.6. The van der Waals surface area contributed by atoms with E-state index in [9.17, 15) is 39.6 Å². The molecule has 0 bridgehead atoms. The smallest absolute Gasteiger partial charge is 0.408 e. The maximum absolute atomic E-state index is 14.1. The van der Waals surface area contributed by atoms with E-state index in [-0.39, 0.29) is 25.3 Å². The normalized spacial score (nSPS) is 14.0. The van der Waals surface area contributed by atoms with Crippen LogP contribution in [-0.4, -0.2) is 123 Å². The molecule has 0 saturated carbocycles. The zero-order chi connectivity index (χ0) is 54.4. The molecule has 0 aliphatic rings. The summed E-state index contributed by atoms with van der Waals surface area (Å²) in [5.74, 6) is -0.295. The molecule has 0 aliphatic heterocycles. The zero-order valence-corrected chi connectivity index (χ0v) is 43.6. The summed E-state index contributed by atoms with van der Waals surface area (Å²) in [5, 5.41) is 60.2. The van der Waals surface area contributed by atoms with E-state index in [0.717, 1.165) is 33.5 Å². The lowest BCUT2D eigenvalue weighted by molar-refractivity contribution is -0.134. The van der Waals surface area contributed by atoms with Gasteiger partial charge in [0.1, 0.15) is 48.4 Å². The number of ether oxygens (including phenoxy) is 3. The van der Waals surface area contributed by atoms with Gasteiger partial charge in [0.15, 0.2) is 0 Å². The number of amides is 4. The number of aliphatic hydroxyl groups is 5. The van der Waals surface area contributed by atoms with E-state index in [4.69, 9.17) is 24.3 Å². The first-order valence-electron chi connectivity index (χ1n) is 25.5. The molecule has 5 rings (SSSR count). The third-order valence-corrected chi connectivity index (χ3v) is 12.3. The number of carbonyl (C=O) groups is 4. The molecule has 404 valence electrons. The minimum Gasteiger partial charge on any atom is -0.489 e. The van der Waals surface area contributed by atoms with Crippen LogP contribution in [0.2, 0.25) is 0 Å². The summed E-state index contributed by atoms with van der Waals surface area (Å²) in [7, 11) is 0. The van der Waals surface area contributed by atoms with E-state index in [1.165, 1.54) is 0 Å². The average molecular weight is 1030 g/mol. The van der Waals surface area contributed by atoms with Crippen LogP contribution in [0.15, 0.2) is 127 Å². The summed E-state index contributed by atoms with van der Waals surface area (Å²) >= 11 is 0. The maximum atomic E-state index is 14.1. The van der Waals surface area contributed by atoms with Gasteiger partial charge in [0.2, 0.25) is 23.6 Å². The van der Waals surface area contributed by atoms with E-state index < -0.39 is 78.6 Å². The van der Waals surface area contributed by atoms with E-state index in [2.05, 4.69) is 21.3 Å². The second-order valence-corrected chi connectivity index (χ2v) is 20.2. The van der Waals surface area contributed by atoms with Gasteiger partial charge in [-0.05, 0) is 99.7 Å². The first-order valence-corrected chi connectivity index (χ1v) is 25.5. The molecule has 4 amide bonds. The van der Waals surface area contributed by atoms with Crippen LogP contribution in [0.1, 0.15) is 84.3 Å². The minimum absolute atomic E-state index is 0.0782. The summed E-state index contributed by atoms with van der Waals surface area (Å²) in [6, 6.07) is 39.0. The molecule has 5 aromatic rings. The molecular formula is C58H75N5O12. The number of hydrogen-bond acceptors (Lipinski definition) is 13. The first kappa shape index (κ1) is 59.0. The number of aliphatic hydroxyl groups excluding tert-OH is 5. The Morgan fingerprint density at radius 2 is 1.23 bits per heavy atom. The number of nitrogens with one attached hydrogen (secondary N) is 4. The van der Waals surface area contributed by atoms with E-state index >= 15 is 0 Å². The Labute approximate surface area is 440 Å². The highest BCUT2D eigenvalue weighted by atomic mass is 16.6. The highest BCUT2D eigenvalue weighted by Crippen LogP contribution is 2.30. The van der Waals surface area contributed by atoms with Gasteiger partial charge in [-0.15, -0.1) is 0 Å². The molecule has 0 radical (unpaired) electrons. The molecule has 17 nitrogen and oxygen atoms in total. The number of unbranched alkanes of at least 4 members (excludes halogenated alkanes) is 2. The standard InChI is InChI=1S/C58H75N5O12/c1-57(2,3)75-56(72)63-45(53(69)60-36-48(65)51(67)52(68)49(66)37-64)25-15-17-31-59-54(70)47(33-39-26-28-44(29-27-39)74-38-40-19-9-6-10-20-40)62-55(71)58(4,5)30-16-18-32-73-50-35-43(41-21-11-7-12-22-41)34-46(61-50)42-23-13-8-14-24-42/h6-14,19-24,26-29,34-35,45,47-49,51-52,64-68H,15-18,25,30-33,36-38H2,1-5H3,(H,59,70)(H,60,69)(H,62,71)(H,63,72)/t45?,47?,48-,49+,51?,52+/m0/s1. The third-order valence-electron chi connectivity index (χ3n) is 12.3. The molecule has 9 N–H and O–H groups in total. The fourth-order valence-electron chi connectivity index (χ4n) is 7.89. The van der Waals surface area contributed by atoms with Crippen molar-refractivity contribution in [1.29, 1.82) is 0 Å². The number of pyridine rings is 1. The number of aromatic nitrogens is 1. The number of carbonyl (C=O) groups excluding carboxylic acids is 4. The van der Waals surface area contributed by atoms with Crippen LogP contribution in [0.5, 0.6) is 11.6 Å². The Kier molecular flexibility index (Phi) is 23.0. The maximum Gasteiger partial charge on any atom is 0.408 e. The van der Waals surface area contributed by atoms with Crippen LogP contribution < -0.4 is 30.7 Å². The van der Waals surface area contributed by atoms with Crippen LogP contribution >= 0.6 is 0 Å². The lowest BCUT2D eigenvalue weighted by Gasteiger charge is -2.27. The van der Waals surface area contributed by atoms with Crippen LogP contribution in [0.3, 0.4) is 0 Å². The third kappa shape index (κ3) is 20.1. The van der Waals surface area contributed by atoms with Crippen molar-refractivity contribution >= 4 is 23.8 Å². The van der Waals surface area contributed by atoms with Gasteiger partial charge in [-0.3, -0.25) is 14.4 Å². The van der Waals surface area contributed by atoms with Gasteiger partial charge in [-0.25, -0.2) is 9.78 Å². The Balaban J connectivity index is 1.19. The molecule has 1 heterocycles. The van der Waals surface area contributed by atoms with Crippen molar-refractivity contribution in [3.8, 4) is 34.0 Å². The Bertz CT molecular complexity index is 2470. The molecule has 3 unspecified atom stereocenters. The van der Waals surface area contributed by atoms with Crippen molar-refractivity contribution in [1.82, 2.24) is 26.3 Å². The fraction of sp³-hybridized carbons (Fsp3) is 0.431. The van der Waals surface area contributed by atoms with Gasteiger partial charge in [0.05, 0.1) is 25.0 Å². The molecule has 17 heteroatoms. The Morgan fingerprint density at radius 3 is 1.87 bits per heavy atom. The molecule has 0 saturated heterocycles. The molecule has 0 aliphatic carbocycles. The van der Waals surface area contributed by atoms with E-state index in [0.29, 0.717) is 56.9 Å². The second-order valence-electron chi connectivity index (χ2n) is 20.2. The highest BCUT2D eigenvalue weighted by molar-refractivity contribution is 5.90. The van der Waals surface area contributed by atoms with Crippen molar-refractivity contribution < 1.29 is 58.9 Å². The Hall–Kier alpha value is -6.89. The van der Waals surface area contributed by atoms with Crippen molar-refractivity contribution in [3.05, 3.63) is 139 Å². The predicted octanol–water partition coefficient (Wildman–Crippen LogP) is 6.03. The van der Waals surface area contributed by atoms with Crippen molar-refractivity contribution in [2.24, 2.45) is 5.41 Å². The van der Waals surface area contributed by atoms with Crippen LogP contribution in [0, 0.1) is 5.41 Å². The summed E-state index contributed by atoms with van der Waals surface area (Å²) in [4.78, 5) is 58.9. The number of alkyl carbamates (subject to hydrolysis) is 1. The fourth-order valence-corrected chi connectivity index (χ4v) is 7.89. The van der Waals surface area contributed by atoms with Crippen LogP contribution in [0.25, 0.3) is 22.4 Å². The number of benzene rings is 4. The molecule has 0 fully saturated rings. The first-order chi connectivity index (χ1) is 35.8. The van der Waals surface area contributed by atoms with Gasteiger partial charge >= 0.3 is 6.09 Å². The second kappa shape index (κ2) is 29.3. The van der Waals surface area contributed by atoms with E-state index in [1.807, 2.05) is 141 Å². The lowest BCUT2D eigenvalue weighted by atomic mass is 9.85. The van der Waals surface area contributed by atoms with Gasteiger partial charge in [-0.1, -0.05) is 117 Å². The van der Waals surface area contributed by atoms with Crippen molar-refractivity contribution in [3.63, 3.8) is 0 Å². The SMILES string of the molecule is CC(C)(C)OC(=O)NC(CCCCNC(=O)C(Cc1ccc(OCc2ccccc2)cc1)NC(=O)C(C)(C)CCCCOc1cc(-c2ccccc2)cc(-c2ccccc2)n1)C(=O)NC[C@H](O)C(O)[C@H](O)[C@H](O)CO. The quantitative estimate of drug-likeness (QED) is 0.0248. The molecule has 0 spiro atoms. The number of rotatable bonds is 29. The number of hydrogen-bond donors (Lipinski definition) is 9. The molecule has 6 atom stereocenters. The molecule has 75 heavy (non-hydrogen) atoms. The van der Waals surface area contributed by atoms with Gasteiger partial charge in [-0.2, -0.15) is 0 Å². The monoisotopic (exact) mass is 1030 g/mol. The summed E-state index contributed by atoms with van der Waals surface area (Å²) < 4.78 is 17.5. The van der Waals surface area contributed by atoms with Gasteiger partial charge < -0.3 is 61.0 Å². The topological polar surface area (TPSA) is 258 Å². The van der Waals surface area contributed by atoms with Crippen molar-refractivity contribution in [2.45, 2.75) is 128 Å². The molecule has 4 aromatic carbocycles. The lowest BCUT2D eigenvalue weighted by Crippen LogP contribution is -2.53. The summed E-state index contributed by atoms with van der Waals surface area (Å²) in [5.41, 5.74) is 3.87. The largest absolute Gasteiger partial charge is 0.489 e. The van der Waals surface area contributed by atoms with Crippen LogP contribution in [-0.2, 0) is 32.1 Å². The molecule has 1 aromatic heterocycles. The summed E-state index contributed by atoms with van der Waals surface area (Å²) in [6.07, 6.45) is -5.36.